The fraction of sp³-hybridized carbons (Fsp3) is 0.846. The number of hydrogen-bond acceptors (Lipinski definition) is 3. The highest BCUT2D eigenvalue weighted by Gasteiger charge is 2.28. The fourth-order valence-electron chi connectivity index (χ4n) is 2.76. The van der Waals surface area contributed by atoms with Crippen LogP contribution in [0.1, 0.15) is 64.2 Å². The predicted octanol–water partition coefficient (Wildman–Crippen LogP) is 2.45. The Kier molecular flexibility index (Phi) is 3.82. The van der Waals surface area contributed by atoms with Gasteiger partial charge < -0.3 is 5.73 Å². The maximum Gasteiger partial charge on any atom is 0.138 e. The molecule has 0 saturated heterocycles. The Morgan fingerprint density at radius 1 is 1.29 bits per heavy atom. The van der Waals surface area contributed by atoms with E-state index in [0.717, 1.165) is 25.1 Å². The minimum atomic E-state index is -0.0594. The van der Waals surface area contributed by atoms with Crippen LogP contribution in [-0.4, -0.2) is 20.3 Å². The molecule has 2 rings (SSSR count). The lowest BCUT2D eigenvalue weighted by atomic mass is 9.87. The molecular formula is C13H24N4. The summed E-state index contributed by atoms with van der Waals surface area (Å²) >= 11 is 0. The van der Waals surface area contributed by atoms with Crippen molar-refractivity contribution in [3.63, 3.8) is 0 Å². The van der Waals surface area contributed by atoms with Gasteiger partial charge in [0.1, 0.15) is 12.2 Å². The zero-order valence-corrected chi connectivity index (χ0v) is 11.0. The highest BCUT2D eigenvalue weighted by atomic mass is 15.3. The Hall–Kier alpha value is -0.900. The van der Waals surface area contributed by atoms with Crippen molar-refractivity contribution in [3.05, 3.63) is 12.2 Å². The molecule has 4 nitrogen and oxygen atoms in total. The van der Waals surface area contributed by atoms with E-state index in [9.17, 15) is 0 Å². The third-order valence-electron chi connectivity index (χ3n) is 3.75. The standard InChI is InChI=1S/C13H24N4/c1-11(2)17-12(15-10-16-17)9-13(14)7-5-3-4-6-8-13/h10-11H,3-9,14H2,1-2H3. The third-order valence-corrected chi connectivity index (χ3v) is 3.75. The van der Waals surface area contributed by atoms with Crippen LogP contribution in [0.25, 0.3) is 0 Å². The van der Waals surface area contributed by atoms with E-state index in [1.807, 2.05) is 4.68 Å². The minimum Gasteiger partial charge on any atom is -0.325 e. The molecule has 1 aliphatic rings. The normalized spacial score (nSPS) is 20.5. The third kappa shape index (κ3) is 3.06. The molecule has 0 aromatic carbocycles. The summed E-state index contributed by atoms with van der Waals surface area (Å²) in [6.07, 6.45) is 9.93. The smallest absolute Gasteiger partial charge is 0.138 e. The summed E-state index contributed by atoms with van der Waals surface area (Å²) in [6.45, 7) is 4.27. The van der Waals surface area contributed by atoms with Gasteiger partial charge in [-0.25, -0.2) is 9.67 Å². The Morgan fingerprint density at radius 3 is 2.53 bits per heavy atom. The maximum atomic E-state index is 6.54. The zero-order valence-electron chi connectivity index (χ0n) is 11.0. The molecule has 0 atom stereocenters. The largest absolute Gasteiger partial charge is 0.325 e. The number of rotatable bonds is 3. The molecule has 0 spiro atoms. The summed E-state index contributed by atoms with van der Waals surface area (Å²) in [4.78, 5) is 4.38. The van der Waals surface area contributed by atoms with E-state index in [1.54, 1.807) is 6.33 Å². The second-order valence-corrected chi connectivity index (χ2v) is 5.67. The van der Waals surface area contributed by atoms with E-state index >= 15 is 0 Å². The van der Waals surface area contributed by atoms with Crippen molar-refractivity contribution in [2.45, 2.75) is 70.4 Å². The van der Waals surface area contributed by atoms with E-state index in [1.165, 1.54) is 25.7 Å². The van der Waals surface area contributed by atoms with Gasteiger partial charge in [0.05, 0.1) is 0 Å². The number of aromatic nitrogens is 3. The van der Waals surface area contributed by atoms with Gasteiger partial charge in [-0.15, -0.1) is 0 Å². The molecule has 0 bridgehead atoms. The van der Waals surface area contributed by atoms with E-state index in [2.05, 4.69) is 23.9 Å². The summed E-state index contributed by atoms with van der Waals surface area (Å²) in [6, 6.07) is 0.363. The van der Waals surface area contributed by atoms with Crippen LogP contribution in [0.5, 0.6) is 0 Å². The molecule has 1 heterocycles. The molecule has 0 aliphatic heterocycles. The fourth-order valence-corrected chi connectivity index (χ4v) is 2.76. The molecule has 1 aliphatic carbocycles. The summed E-state index contributed by atoms with van der Waals surface area (Å²) < 4.78 is 2.00. The average Bonchev–Trinajstić information content (AvgIpc) is 2.61. The molecule has 1 aromatic heterocycles. The Bertz CT molecular complexity index is 348. The minimum absolute atomic E-state index is 0.0594. The first-order chi connectivity index (χ1) is 8.11. The van der Waals surface area contributed by atoms with Gasteiger partial charge in [-0.05, 0) is 26.7 Å². The van der Waals surface area contributed by atoms with Crippen LogP contribution in [0.3, 0.4) is 0 Å². The monoisotopic (exact) mass is 236 g/mol. The molecule has 1 fully saturated rings. The second-order valence-electron chi connectivity index (χ2n) is 5.67. The van der Waals surface area contributed by atoms with Crippen molar-refractivity contribution < 1.29 is 0 Å². The second kappa shape index (κ2) is 5.17. The number of nitrogens with zero attached hydrogens (tertiary/aromatic N) is 3. The van der Waals surface area contributed by atoms with Crippen LogP contribution in [0.4, 0.5) is 0 Å². The van der Waals surface area contributed by atoms with Gasteiger partial charge in [-0.1, -0.05) is 25.7 Å². The Labute approximate surface area is 104 Å². The summed E-state index contributed by atoms with van der Waals surface area (Å²) in [5.41, 5.74) is 6.48. The van der Waals surface area contributed by atoms with Gasteiger partial charge in [0, 0.05) is 18.0 Å². The SMILES string of the molecule is CC(C)n1ncnc1CC1(N)CCCCCC1. The van der Waals surface area contributed by atoms with E-state index in [4.69, 9.17) is 5.73 Å². The summed E-state index contributed by atoms with van der Waals surface area (Å²) in [5.74, 6) is 1.05. The predicted molar refractivity (Wildman–Crippen MR) is 68.7 cm³/mol. The molecule has 4 heteroatoms. The summed E-state index contributed by atoms with van der Waals surface area (Å²) in [5, 5.41) is 4.29. The number of hydrogen-bond donors (Lipinski definition) is 1. The molecule has 96 valence electrons. The van der Waals surface area contributed by atoms with E-state index in [-0.39, 0.29) is 5.54 Å². The average molecular weight is 236 g/mol. The molecule has 0 radical (unpaired) electrons. The molecule has 2 N–H and O–H groups in total. The van der Waals surface area contributed by atoms with Crippen LogP contribution >= 0.6 is 0 Å². The summed E-state index contributed by atoms with van der Waals surface area (Å²) in [7, 11) is 0. The van der Waals surface area contributed by atoms with Crippen molar-refractivity contribution in [1.82, 2.24) is 14.8 Å². The van der Waals surface area contributed by atoms with E-state index < -0.39 is 0 Å². The van der Waals surface area contributed by atoms with Crippen molar-refractivity contribution in [2.75, 3.05) is 0 Å². The molecule has 17 heavy (non-hydrogen) atoms. The van der Waals surface area contributed by atoms with Crippen LogP contribution in [0, 0.1) is 0 Å². The van der Waals surface area contributed by atoms with Crippen molar-refractivity contribution in [1.29, 1.82) is 0 Å². The Morgan fingerprint density at radius 2 is 1.94 bits per heavy atom. The highest BCUT2D eigenvalue weighted by Crippen LogP contribution is 2.28. The molecule has 0 amide bonds. The lowest BCUT2D eigenvalue weighted by Gasteiger charge is -2.28. The van der Waals surface area contributed by atoms with Crippen LogP contribution in [-0.2, 0) is 6.42 Å². The zero-order chi connectivity index (χ0) is 12.3. The Balaban J connectivity index is 2.10. The first-order valence-electron chi connectivity index (χ1n) is 6.78. The van der Waals surface area contributed by atoms with Gasteiger partial charge in [0.15, 0.2) is 0 Å². The molecule has 0 unspecified atom stereocenters. The highest BCUT2D eigenvalue weighted by molar-refractivity contribution is 4.99. The molecular weight excluding hydrogens is 212 g/mol. The van der Waals surface area contributed by atoms with Crippen molar-refractivity contribution in [3.8, 4) is 0 Å². The van der Waals surface area contributed by atoms with E-state index in [0.29, 0.717) is 6.04 Å². The maximum absolute atomic E-state index is 6.54. The van der Waals surface area contributed by atoms with Crippen LogP contribution in [0.2, 0.25) is 0 Å². The number of nitrogens with two attached hydrogens (primary N) is 1. The van der Waals surface area contributed by atoms with Gasteiger partial charge in [-0.2, -0.15) is 5.10 Å². The lowest BCUT2D eigenvalue weighted by Crippen LogP contribution is -2.42. The molecule has 1 aromatic rings. The van der Waals surface area contributed by atoms with Crippen LogP contribution in [0.15, 0.2) is 6.33 Å². The van der Waals surface area contributed by atoms with Gasteiger partial charge >= 0.3 is 0 Å². The lowest BCUT2D eigenvalue weighted by molar-refractivity contribution is 0.349. The van der Waals surface area contributed by atoms with Crippen molar-refractivity contribution >= 4 is 0 Å². The quantitative estimate of drug-likeness (QED) is 0.820. The first kappa shape index (κ1) is 12.6. The molecule has 1 saturated carbocycles. The van der Waals surface area contributed by atoms with Gasteiger partial charge in [0.25, 0.3) is 0 Å². The topological polar surface area (TPSA) is 56.7 Å². The van der Waals surface area contributed by atoms with Gasteiger partial charge in [-0.3, -0.25) is 0 Å². The first-order valence-corrected chi connectivity index (χ1v) is 6.78. The van der Waals surface area contributed by atoms with Gasteiger partial charge in [0.2, 0.25) is 0 Å². The van der Waals surface area contributed by atoms with Crippen LogP contribution < -0.4 is 5.73 Å². The van der Waals surface area contributed by atoms with Crippen molar-refractivity contribution in [2.24, 2.45) is 5.73 Å².